The number of ether oxygens (including phenoxy) is 2. The fraction of sp³-hybridized carbons (Fsp3) is 0.450. The number of nitrogens with zero attached hydrogens (tertiary/aromatic N) is 2. The Morgan fingerprint density at radius 3 is 2.89 bits per heavy atom. The van der Waals surface area contributed by atoms with Gasteiger partial charge in [0.2, 0.25) is 6.79 Å². The van der Waals surface area contributed by atoms with Gasteiger partial charge >= 0.3 is 0 Å². The summed E-state index contributed by atoms with van der Waals surface area (Å²) in [5, 5.41) is 5.76. The first-order chi connectivity index (χ1) is 13.7. The van der Waals surface area contributed by atoms with E-state index in [1.807, 2.05) is 4.57 Å². The van der Waals surface area contributed by atoms with Gasteiger partial charge in [-0.2, -0.15) is 0 Å². The normalized spacial score (nSPS) is 14.5. The highest BCUT2D eigenvalue weighted by Crippen LogP contribution is 2.34. The fourth-order valence-electron chi connectivity index (χ4n) is 3.52. The lowest BCUT2D eigenvalue weighted by atomic mass is 10.1. The Labute approximate surface area is 163 Å². The van der Waals surface area contributed by atoms with E-state index in [0.717, 1.165) is 37.8 Å². The second-order valence-corrected chi connectivity index (χ2v) is 6.97. The van der Waals surface area contributed by atoms with E-state index in [2.05, 4.69) is 22.5 Å². The van der Waals surface area contributed by atoms with Gasteiger partial charge in [0.05, 0.1) is 5.69 Å². The maximum atomic E-state index is 12.9. The molecule has 2 amide bonds. The number of carbonyl (C=O) groups excluding carboxylic acids is 2. The van der Waals surface area contributed by atoms with Crippen LogP contribution in [0.25, 0.3) is 0 Å². The Balaban J connectivity index is 1.56. The Morgan fingerprint density at radius 1 is 1.18 bits per heavy atom. The molecule has 2 aliphatic heterocycles. The Morgan fingerprint density at radius 2 is 2.04 bits per heavy atom. The van der Waals surface area contributed by atoms with Crippen LogP contribution in [-0.2, 0) is 13.0 Å². The first kappa shape index (κ1) is 18.3. The van der Waals surface area contributed by atoms with E-state index in [0.29, 0.717) is 41.8 Å². The van der Waals surface area contributed by atoms with E-state index in [9.17, 15) is 9.59 Å². The summed E-state index contributed by atoms with van der Waals surface area (Å²) in [6, 6.07) is 5.24. The van der Waals surface area contributed by atoms with Gasteiger partial charge in [0.25, 0.3) is 11.8 Å². The number of unbranched alkanes of at least 4 members (excludes halogenated alkanes) is 1. The minimum Gasteiger partial charge on any atom is -0.454 e. The number of anilines is 1. The van der Waals surface area contributed by atoms with Crippen LogP contribution in [0.4, 0.5) is 5.69 Å². The minimum absolute atomic E-state index is 0.178. The zero-order valence-electron chi connectivity index (χ0n) is 15.9. The molecule has 1 aromatic heterocycles. The van der Waals surface area contributed by atoms with Gasteiger partial charge in [0.1, 0.15) is 0 Å². The molecule has 2 aliphatic rings. The number of carbonyl (C=O) groups is 2. The maximum absolute atomic E-state index is 12.9. The summed E-state index contributed by atoms with van der Waals surface area (Å²) in [6.07, 6.45) is 4.60. The summed E-state index contributed by atoms with van der Waals surface area (Å²) in [6.45, 7) is 3.56. The highest BCUT2D eigenvalue weighted by atomic mass is 16.7. The number of benzene rings is 1. The molecule has 8 nitrogen and oxygen atoms in total. The quantitative estimate of drug-likeness (QED) is 0.747. The summed E-state index contributed by atoms with van der Waals surface area (Å²) >= 11 is 0. The zero-order valence-corrected chi connectivity index (χ0v) is 15.9. The standard InChI is InChI=1S/C20H24N4O4/c1-2-3-9-21-20(26)18-23-17(14-6-4-5-10-24(14)18)19(25)22-13-7-8-15-16(11-13)28-12-27-15/h7-8,11H,2-6,9-10,12H2,1H3,(H,21,26)(H,22,25). The van der Waals surface area contributed by atoms with E-state index >= 15 is 0 Å². The lowest BCUT2D eigenvalue weighted by molar-refractivity contribution is 0.0937. The average Bonchev–Trinajstić information content (AvgIpc) is 3.32. The second kappa shape index (κ2) is 7.92. The predicted molar refractivity (Wildman–Crippen MR) is 103 cm³/mol. The van der Waals surface area contributed by atoms with Crippen molar-refractivity contribution in [3.8, 4) is 11.5 Å². The average molecular weight is 384 g/mol. The van der Waals surface area contributed by atoms with E-state index < -0.39 is 0 Å². The largest absolute Gasteiger partial charge is 0.454 e. The molecule has 0 spiro atoms. The van der Waals surface area contributed by atoms with Crippen LogP contribution in [0.3, 0.4) is 0 Å². The SMILES string of the molecule is CCCCNC(=O)c1nc(C(=O)Nc2ccc3c(c2)OCO3)c2n1CCCC2. The molecule has 0 fully saturated rings. The first-order valence-corrected chi connectivity index (χ1v) is 9.76. The van der Waals surface area contributed by atoms with E-state index in [4.69, 9.17) is 9.47 Å². The third-order valence-corrected chi connectivity index (χ3v) is 4.98. The van der Waals surface area contributed by atoms with E-state index in [1.54, 1.807) is 18.2 Å². The summed E-state index contributed by atoms with van der Waals surface area (Å²) in [7, 11) is 0. The Kier molecular flexibility index (Phi) is 5.18. The predicted octanol–water partition coefficient (Wildman–Crippen LogP) is 2.73. The van der Waals surface area contributed by atoms with Gasteiger partial charge in [-0.1, -0.05) is 13.3 Å². The number of amides is 2. The van der Waals surface area contributed by atoms with Crippen LogP contribution in [0.2, 0.25) is 0 Å². The van der Waals surface area contributed by atoms with Gasteiger partial charge in [-0.3, -0.25) is 9.59 Å². The lowest BCUT2D eigenvalue weighted by Gasteiger charge is -2.17. The number of aromatic nitrogens is 2. The number of imidazole rings is 1. The van der Waals surface area contributed by atoms with Gasteiger partial charge in [-0.25, -0.2) is 4.98 Å². The smallest absolute Gasteiger partial charge is 0.287 e. The highest BCUT2D eigenvalue weighted by Gasteiger charge is 2.27. The van der Waals surface area contributed by atoms with Crippen LogP contribution in [-0.4, -0.2) is 34.7 Å². The molecule has 2 N–H and O–H groups in total. The number of rotatable bonds is 6. The van der Waals surface area contributed by atoms with Crippen molar-refractivity contribution in [2.75, 3.05) is 18.7 Å². The molecule has 0 saturated heterocycles. The van der Waals surface area contributed by atoms with Crippen LogP contribution < -0.4 is 20.1 Å². The van der Waals surface area contributed by atoms with Crippen LogP contribution in [0.1, 0.15) is 59.4 Å². The zero-order chi connectivity index (χ0) is 19.5. The van der Waals surface area contributed by atoms with Gasteiger partial charge in [-0.05, 0) is 37.8 Å². The Hall–Kier alpha value is -3.03. The summed E-state index contributed by atoms with van der Waals surface area (Å²) in [4.78, 5) is 29.9. The molecule has 0 radical (unpaired) electrons. The summed E-state index contributed by atoms with van der Waals surface area (Å²) in [5.74, 6) is 1.03. The number of hydrogen-bond acceptors (Lipinski definition) is 5. The monoisotopic (exact) mass is 384 g/mol. The number of hydrogen-bond donors (Lipinski definition) is 2. The molecule has 4 rings (SSSR count). The van der Waals surface area contributed by atoms with Gasteiger partial charge < -0.3 is 24.7 Å². The molecule has 2 aromatic rings. The van der Waals surface area contributed by atoms with Crippen molar-refractivity contribution >= 4 is 17.5 Å². The fourth-order valence-corrected chi connectivity index (χ4v) is 3.52. The number of fused-ring (bicyclic) bond motifs is 2. The summed E-state index contributed by atoms with van der Waals surface area (Å²) in [5.41, 5.74) is 1.74. The molecule has 148 valence electrons. The first-order valence-electron chi connectivity index (χ1n) is 9.76. The van der Waals surface area contributed by atoms with Crippen LogP contribution in [0, 0.1) is 0 Å². The molecule has 0 saturated carbocycles. The Bertz CT molecular complexity index is 906. The molecule has 8 heteroatoms. The lowest BCUT2D eigenvalue weighted by Crippen LogP contribution is -2.28. The minimum atomic E-state index is -0.322. The van der Waals surface area contributed by atoms with Crippen LogP contribution in [0.15, 0.2) is 18.2 Å². The molecule has 0 atom stereocenters. The molecule has 0 aliphatic carbocycles. The topological polar surface area (TPSA) is 94.5 Å². The third kappa shape index (κ3) is 3.54. The molecule has 1 aromatic carbocycles. The van der Waals surface area contributed by atoms with Gasteiger partial charge in [-0.15, -0.1) is 0 Å². The van der Waals surface area contributed by atoms with Crippen molar-refractivity contribution in [2.24, 2.45) is 0 Å². The van der Waals surface area contributed by atoms with Crippen molar-refractivity contribution in [2.45, 2.75) is 45.6 Å². The third-order valence-electron chi connectivity index (χ3n) is 4.98. The molecular formula is C20H24N4O4. The molecule has 0 unspecified atom stereocenters. The van der Waals surface area contributed by atoms with E-state index in [-0.39, 0.29) is 18.6 Å². The van der Waals surface area contributed by atoms with Crippen molar-refractivity contribution in [3.63, 3.8) is 0 Å². The van der Waals surface area contributed by atoms with Crippen molar-refractivity contribution < 1.29 is 19.1 Å². The number of nitrogens with one attached hydrogen (secondary N) is 2. The van der Waals surface area contributed by atoms with Crippen molar-refractivity contribution in [1.82, 2.24) is 14.9 Å². The van der Waals surface area contributed by atoms with Gasteiger partial charge in [0, 0.05) is 24.8 Å². The second-order valence-electron chi connectivity index (χ2n) is 6.97. The molecule has 0 bridgehead atoms. The molecule has 3 heterocycles. The molecular weight excluding hydrogens is 360 g/mol. The van der Waals surface area contributed by atoms with Gasteiger partial charge in [0.15, 0.2) is 23.0 Å². The van der Waals surface area contributed by atoms with Crippen LogP contribution >= 0.6 is 0 Å². The van der Waals surface area contributed by atoms with E-state index in [1.165, 1.54) is 0 Å². The molecule has 28 heavy (non-hydrogen) atoms. The maximum Gasteiger partial charge on any atom is 0.287 e. The van der Waals surface area contributed by atoms with Crippen molar-refractivity contribution in [1.29, 1.82) is 0 Å². The summed E-state index contributed by atoms with van der Waals surface area (Å²) < 4.78 is 12.5. The highest BCUT2D eigenvalue weighted by molar-refractivity contribution is 6.05. The van der Waals surface area contributed by atoms with Crippen LogP contribution in [0.5, 0.6) is 11.5 Å². The van der Waals surface area contributed by atoms with Crippen molar-refractivity contribution in [3.05, 3.63) is 35.4 Å².